The Kier molecular flexibility index (Phi) is 4.27. The zero-order chi connectivity index (χ0) is 14.8. The summed E-state index contributed by atoms with van der Waals surface area (Å²) >= 11 is 6.07. The molecule has 1 unspecified atom stereocenters. The first-order valence-corrected chi connectivity index (χ1v) is 7.78. The molecule has 0 aliphatic heterocycles. The molecule has 1 atom stereocenters. The van der Waals surface area contributed by atoms with Crippen LogP contribution >= 0.6 is 11.6 Å². The van der Waals surface area contributed by atoms with E-state index < -0.39 is 0 Å². The van der Waals surface area contributed by atoms with E-state index in [2.05, 4.69) is 23.5 Å². The van der Waals surface area contributed by atoms with Crippen LogP contribution in [0.25, 0.3) is 0 Å². The van der Waals surface area contributed by atoms with E-state index in [9.17, 15) is 4.39 Å². The van der Waals surface area contributed by atoms with E-state index in [1.54, 1.807) is 6.07 Å². The van der Waals surface area contributed by atoms with Gasteiger partial charge in [0.1, 0.15) is 5.82 Å². The Morgan fingerprint density at radius 2 is 2.00 bits per heavy atom. The Morgan fingerprint density at radius 1 is 1.19 bits per heavy atom. The maximum absolute atomic E-state index is 13.6. The fraction of sp³-hybridized carbons (Fsp3) is 0.333. The third kappa shape index (κ3) is 2.97. The van der Waals surface area contributed by atoms with Gasteiger partial charge in [0, 0.05) is 6.04 Å². The van der Waals surface area contributed by atoms with Crippen LogP contribution in [0.1, 0.15) is 34.7 Å². The van der Waals surface area contributed by atoms with Gasteiger partial charge in [0.15, 0.2) is 0 Å². The van der Waals surface area contributed by atoms with Gasteiger partial charge in [-0.2, -0.15) is 0 Å². The molecule has 2 aromatic carbocycles. The van der Waals surface area contributed by atoms with Crippen molar-refractivity contribution in [2.75, 3.05) is 7.05 Å². The van der Waals surface area contributed by atoms with Gasteiger partial charge in [-0.1, -0.05) is 41.9 Å². The molecule has 21 heavy (non-hydrogen) atoms. The summed E-state index contributed by atoms with van der Waals surface area (Å²) in [5.41, 5.74) is 5.02. The SMILES string of the molecule is CNC(Cc1cccc(F)c1Cl)c1ccc2c(c1)CCC2. The second-order valence-electron chi connectivity index (χ2n) is 5.64. The quantitative estimate of drug-likeness (QED) is 0.878. The lowest BCUT2D eigenvalue weighted by molar-refractivity contribution is 0.584. The van der Waals surface area contributed by atoms with Gasteiger partial charge in [0.2, 0.25) is 0 Å². The lowest BCUT2D eigenvalue weighted by atomic mass is 9.96. The summed E-state index contributed by atoms with van der Waals surface area (Å²) in [5.74, 6) is -0.349. The van der Waals surface area contributed by atoms with Crippen molar-refractivity contribution in [2.45, 2.75) is 31.7 Å². The minimum absolute atomic E-state index is 0.148. The maximum atomic E-state index is 13.6. The normalized spacial score (nSPS) is 15.0. The number of aryl methyl sites for hydroxylation is 2. The Morgan fingerprint density at radius 3 is 2.81 bits per heavy atom. The third-order valence-corrected chi connectivity index (χ3v) is 4.75. The van der Waals surface area contributed by atoms with E-state index in [0.717, 1.165) is 5.56 Å². The molecule has 0 fully saturated rings. The van der Waals surface area contributed by atoms with Gasteiger partial charge in [-0.3, -0.25) is 0 Å². The smallest absolute Gasteiger partial charge is 0.142 e. The number of rotatable bonds is 4. The molecule has 3 rings (SSSR count). The van der Waals surface area contributed by atoms with Crippen LogP contribution < -0.4 is 5.32 Å². The van der Waals surface area contributed by atoms with E-state index in [4.69, 9.17) is 11.6 Å². The van der Waals surface area contributed by atoms with Crippen LogP contribution in [0.5, 0.6) is 0 Å². The first-order chi connectivity index (χ1) is 10.2. The Balaban J connectivity index is 1.87. The third-order valence-electron chi connectivity index (χ3n) is 4.33. The zero-order valence-electron chi connectivity index (χ0n) is 12.1. The van der Waals surface area contributed by atoms with E-state index in [0.29, 0.717) is 6.42 Å². The van der Waals surface area contributed by atoms with Crippen LogP contribution in [-0.2, 0) is 19.3 Å². The summed E-state index contributed by atoms with van der Waals surface area (Å²) in [7, 11) is 1.94. The van der Waals surface area contributed by atoms with Crippen molar-refractivity contribution in [1.82, 2.24) is 5.32 Å². The van der Waals surface area contributed by atoms with Crippen molar-refractivity contribution in [3.05, 3.63) is 69.5 Å². The number of benzene rings is 2. The number of nitrogens with one attached hydrogen (secondary N) is 1. The predicted octanol–water partition coefficient (Wildman–Crippen LogP) is 4.47. The first-order valence-electron chi connectivity index (χ1n) is 7.41. The molecule has 0 saturated carbocycles. The van der Waals surface area contributed by atoms with Crippen molar-refractivity contribution >= 4 is 11.6 Å². The summed E-state index contributed by atoms with van der Waals surface area (Å²) in [6, 6.07) is 11.9. The molecule has 3 heteroatoms. The van der Waals surface area contributed by atoms with Crippen molar-refractivity contribution in [1.29, 1.82) is 0 Å². The van der Waals surface area contributed by atoms with Gasteiger partial charge in [0.05, 0.1) is 5.02 Å². The van der Waals surface area contributed by atoms with Crippen LogP contribution in [0.4, 0.5) is 4.39 Å². The second-order valence-corrected chi connectivity index (χ2v) is 6.02. The molecule has 1 nitrogen and oxygen atoms in total. The number of hydrogen-bond donors (Lipinski definition) is 1. The summed E-state index contributed by atoms with van der Waals surface area (Å²) in [4.78, 5) is 0. The van der Waals surface area contributed by atoms with Crippen molar-refractivity contribution in [2.24, 2.45) is 0 Å². The fourth-order valence-electron chi connectivity index (χ4n) is 3.12. The van der Waals surface area contributed by atoms with Crippen LogP contribution in [0.2, 0.25) is 5.02 Å². The largest absolute Gasteiger partial charge is 0.313 e. The molecule has 0 saturated heterocycles. The standard InChI is InChI=1S/C18H19ClFN/c1-21-17(11-15-6-3-7-16(20)18(15)19)14-9-8-12-4-2-5-13(12)10-14/h3,6-10,17,21H,2,4-5,11H2,1H3. The maximum Gasteiger partial charge on any atom is 0.142 e. The molecular formula is C18H19ClFN. The highest BCUT2D eigenvalue weighted by atomic mass is 35.5. The topological polar surface area (TPSA) is 12.0 Å². The number of hydrogen-bond acceptors (Lipinski definition) is 1. The molecule has 0 aromatic heterocycles. The Bertz CT molecular complexity index is 654. The van der Waals surface area contributed by atoms with Crippen molar-refractivity contribution in [3.8, 4) is 0 Å². The average Bonchev–Trinajstić information content (AvgIpc) is 2.96. The second kappa shape index (κ2) is 6.17. The molecule has 1 aliphatic rings. The van der Waals surface area contributed by atoms with Gasteiger partial charge >= 0.3 is 0 Å². The molecule has 1 N–H and O–H groups in total. The number of halogens is 2. The van der Waals surface area contributed by atoms with Gasteiger partial charge in [-0.05, 0) is 61.1 Å². The van der Waals surface area contributed by atoms with E-state index in [1.165, 1.54) is 42.0 Å². The Labute approximate surface area is 130 Å². The highest BCUT2D eigenvalue weighted by Crippen LogP contribution is 2.29. The molecule has 0 heterocycles. The van der Waals surface area contributed by atoms with E-state index in [1.807, 2.05) is 13.1 Å². The highest BCUT2D eigenvalue weighted by molar-refractivity contribution is 6.31. The Hall–Kier alpha value is -1.38. The summed E-state index contributed by atoms with van der Waals surface area (Å²) in [6.45, 7) is 0. The minimum atomic E-state index is -0.349. The molecule has 0 amide bonds. The molecule has 1 aliphatic carbocycles. The van der Waals surface area contributed by atoms with Crippen LogP contribution in [0.3, 0.4) is 0 Å². The zero-order valence-corrected chi connectivity index (χ0v) is 12.9. The fourth-order valence-corrected chi connectivity index (χ4v) is 3.32. The van der Waals surface area contributed by atoms with Crippen LogP contribution in [0, 0.1) is 5.82 Å². The van der Waals surface area contributed by atoms with Crippen molar-refractivity contribution < 1.29 is 4.39 Å². The van der Waals surface area contributed by atoms with E-state index in [-0.39, 0.29) is 16.9 Å². The van der Waals surface area contributed by atoms with Gasteiger partial charge in [-0.25, -0.2) is 4.39 Å². The average molecular weight is 304 g/mol. The number of likely N-dealkylation sites (N-methyl/N-ethyl adjacent to an activating group) is 1. The predicted molar refractivity (Wildman–Crippen MR) is 85.4 cm³/mol. The summed E-state index contributed by atoms with van der Waals surface area (Å²) in [6.07, 6.45) is 4.29. The summed E-state index contributed by atoms with van der Waals surface area (Å²) in [5, 5.41) is 3.56. The minimum Gasteiger partial charge on any atom is -0.313 e. The number of fused-ring (bicyclic) bond motifs is 1. The van der Waals surface area contributed by atoms with Gasteiger partial charge in [-0.15, -0.1) is 0 Å². The lowest BCUT2D eigenvalue weighted by Crippen LogP contribution is -2.19. The van der Waals surface area contributed by atoms with E-state index >= 15 is 0 Å². The molecule has 0 bridgehead atoms. The monoisotopic (exact) mass is 303 g/mol. The first kappa shape index (κ1) is 14.6. The molecule has 0 spiro atoms. The molecular weight excluding hydrogens is 285 g/mol. The summed E-state index contributed by atoms with van der Waals surface area (Å²) < 4.78 is 13.6. The molecule has 2 aromatic rings. The van der Waals surface area contributed by atoms with Gasteiger partial charge < -0.3 is 5.32 Å². The van der Waals surface area contributed by atoms with Crippen LogP contribution in [-0.4, -0.2) is 7.05 Å². The lowest BCUT2D eigenvalue weighted by Gasteiger charge is -2.19. The molecule has 110 valence electrons. The van der Waals surface area contributed by atoms with Crippen LogP contribution in [0.15, 0.2) is 36.4 Å². The van der Waals surface area contributed by atoms with Crippen molar-refractivity contribution in [3.63, 3.8) is 0 Å². The highest BCUT2D eigenvalue weighted by Gasteiger charge is 2.17. The molecule has 0 radical (unpaired) electrons. The van der Waals surface area contributed by atoms with Gasteiger partial charge in [0.25, 0.3) is 0 Å².